The molecule has 0 aromatic carbocycles. The molecule has 0 radical (unpaired) electrons. The van der Waals surface area contributed by atoms with Gasteiger partial charge in [0.05, 0.1) is 12.7 Å². The second kappa shape index (κ2) is 18.4. The van der Waals surface area contributed by atoms with Gasteiger partial charge >= 0.3 is 5.97 Å². The number of nitrogens with two attached hydrogens (primary N) is 1. The first-order valence-electron chi connectivity index (χ1n) is 11.4. The summed E-state index contributed by atoms with van der Waals surface area (Å²) in [7, 11) is -4.74. The third kappa shape index (κ3) is 17.4. The second-order valence-corrected chi connectivity index (χ2v) is 9.47. The lowest BCUT2D eigenvalue weighted by atomic mass is 10.0. The van der Waals surface area contributed by atoms with Gasteiger partial charge in [-0.3, -0.25) is 14.1 Å². The Bertz CT molecular complexity index is 588. The van der Waals surface area contributed by atoms with Crippen LogP contribution in [0.1, 0.15) is 110 Å². The smallest absolute Gasteiger partial charge is 0.332 e. The number of unbranched alkanes of at least 4 members (excludes halogenated alkanes) is 14. The van der Waals surface area contributed by atoms with Gasteiger partial charge in [0.1, 0.15) is 0 Å². The Kier molecular flexibility index (Phi) is 17.5. The first-order chi connectivity index (χ1) is 14.3. The predicted molar refractivity (Wildman–Crippen MR) is 119 cm³/mol. The zero-order valence-corrected chi connectivity index (χ0v) is 19.3. The summed E-state index contributed by atoms with van der Waals surface area (Å²) < 4.78 is 35.9. The third-order valence-electron chi connectivity index (χ3n) is 5.01. The fraction of sp³-hybridized carbons (Fsp3) is 0.818. The van der Waals surface area contributed by atoms with Gasteiger partial charge in [0.2, 0.25) is 5.91 Å². The zero-order chi connectivity index (χ0) is 22.7. The van der Waals surface area contributed by atoms with Crippen molar-refractivity contribution in [3.63, 3.8) is 0 Å². The molecule has 0 aliphatic carbocycles. The number of ether oxygens (including phenoxy) is 1. The Balaban J connectivity index is 3.61. The van der Waals surface area contributed by atoms with Crippen molar-refractivity contribution < 1.29 is 27.3 Å². The molecule has 1 unspecified atom stereocenters. The van der Waals surface area contributed by atoms with Crippen LogP contribution < -0.4 is 5.73 Å². The fourth-order valence-electron chi connectivity index (χ4n) is 3.21. The molecule has 0 fully saturated rings. The molecule has 0 heterocycles. The molecule has 0 aromatic heterocycles. The molecule has 0 aliphatic rings. The van der Waals surface area contributed by atoms with Crippen molar-refractivity contribution in [2.24, 2.45) is 5.73 Å². The average Bonchev–Trinajstić information content (AvgIpc) is 2.67. The molecule has 7 nitrogen and oxygen atoms in total. The largest absolute Gasteiger partial charge is 0.434 e. The van der Waals surface area contributed by atoms with Crippen LogP contribution in [0.5, 0.6) is 0 Å². The van der Waals surface area contributed by atoms with E-state index in [1.807, 2.05) is 0 Å². The Morgan fingerprint density at radius 2 is 1.30 bits per heavy atom. The second-order valence-electron chi connectivity index (χ2n) is 7.87. The molecule has 0 saturated heterocycles. The maximum absolute atomic E-state index is 11.7. The quantitative estimate of drug-likeness (QED) is 0.116. The molecule has 0 bridgehead atoms. The van der Waals surface area contributed by atoms with E-state index in [2.05, 4.69) is 11.7 Å². The van der Waals surface area contributed by atoms with E-state index in [1.54, 1.807) is 6.08 Å². The van der Waals surface area contributed by atoms with Crippen LogP contribution in [0.25, 0.3) is 0 Å². The lowest BCUT2D eigenvalue weighted by molar-refractivity contribution is -0.139. The molecular weight excluding hydrogens is 406 g/mol. The van der Waals surface area contributed by atoms with E-state index in [1.165, 1.54) is 77.0 Å². The summed E-state index contributed by atoms with van der Waals surface area (Å²) in [6, 6.07) is 0. The first kappa shape index (κ1) is 28.6. The van der Waals surface area contributed by atoms with Crippen LogP contribution in [-0.2, 0) is 24.4 Å². The van der Waals surface area contributed by atoms with Crippen LogP contribution >= 0.6 is 0 Å². The Hall–Kier alpha value is -1.41. The average molecular weight is 448 g/mol. The van der Waals surface area contributed by atoms with Crippen molar-refractivity contribution in [1.29, 1.82) is 0 Å². The van der Waals surface area contributed by atoms with E-state index < -0.39 is 33.7 Å². The van der Waals surface area contributed by atoms with Gasteiger partial charge in [0, 0.05) is 0 Å². The first-order valence-corrected chi connectivity index (χ1v) is 12.9. The van der Waals surface area contributed by atoms with E-state index in [-0.39, 0.29) is 0 Å². The van der Waals surface area contributed by atoms with Crippen LogP contribution in [0, 0.1) is 0 Å². The number of hydrogen-bond acceptors (Lipinski definition) is 5. The zero-order valence-electron chi connectivity index (χ0n) is 18.5. The topological polar surface area (TPSA) is 124 Å². The van der Waals surface area contributed by atoms with Crippen molar-refractivity contribution in [3.05, 3.63) is 12.3 Å². The Morgan fingerprint density at radius 3 is 1.70 bits per heavy atom. The van der Waals surface area contributed by atoms with Gasteiger partial charge in [-0.15, -0.1) is 0 Å². The van der Waals surface area contributed by atoms with E-state index in [0.29, 0.717) is 6.42 Å². The molecule has 30 heavy (non-hydrogen) atoms. The van der Waals surface area contributed by atoms with E-state index in [0.717, 1.165) is 19.1 Å². The molecule has 8 heteroatoms. The van der Waals surface area contributed by atoms with Crippen LogP contribution in [0.15, 0.2) is 12.3 Å². The van der Waals surface area contributed by atoms with E-state index in [9.17, 15) is 18.0 Å². The SMILES string of the molecule is CCCCCCCCCCCCCCCCC=COC(=O)C(CC(N)=O)S(=O)(=O)O. The number of esters is 1. The van der Waals surface area contributed by atoms with Crippen molar-refractivity contribution >= 4 is 22.0 Å². The van der Waals surface area contributed by atoms with Crippen molar-refractivity contribution in [2.75, 3.05) is 0 Å². The van der Waals surface area contributed by atoms with Gasteiger partial charge in [-0.2, -0.15) is 8.42 Å². The monoisotopic (exact) mass is 447 g/mol. The molecule has 1 amide bonds. The molecule has 0 aromatic rings. The molecule has 0 aliphatic heterocycles. The molecule has 3 N–H and O–H groups in total. The maximum Gasteiger partial charge on any atom is 0.332 e. The molecule has 0 saturated carbocycles. The van der Waals surface area contributed by atoms with E-state index >= 15 is 0 Å². The highest BCUT2D eigenvalue weighted by Gasteiger charge is 2.34. The van der Waals surface area contributed by atoms with Crippen molar-refractivity contribution in [3.8, 4) is 0 Å². The van der Waals surface area contributed by atoms with Crippen LogP contribution in [0.4, 0.5) is 0 Å². The summed E-state index contributed by atoms with van der Waals surface area (Å²) in [6.07, 6.45) is 20.5. The normalized spacial score (nSPS) is 12.9. The molecular formula is C22H41NO6S. The van der Waals surface area contributed by atoms with Crippen LogP contribution in [0.3, 0.4) is 0 Å². The van der Waals surface area contributed by atoms with Gasteiger partial charge in [-0.1, -0.05) is 90.4 Å². The lowest BCUT2D eigenvalue weighted by Crippen LogP contribution is -2.35. The number of rotatable bonds is 20. The number of primary amides is 1. The van der Waals surface area contributed by atoms with Gasteiger partial charge in [-0.25, -0.2) is 0 Å². The summed E-state index contributed by atoms with van der Waals surface area (Å²) in [5.74, 6) is -2.23. The summed E-state index contributed by atoms with van der Waals surface area (Å²) in [6.45, 7) is 2.24. The van der Waals surface area contributed by atoms with Gasteiger partial charge in [0.25, 0.3) is 10.1 Å². The molecule has 0 rings (SSSR count). The Labute approximate surface area is 182 Å². The lowest BCUT2D eigenvalue weighted by Gasteiger charge is -2.09. The summed E-state index contributed by atoms with van der Waals surface area (Å²) in [5.41, 5.74) is 4.88. The number of amides is 1. The van der Waals surface area contributed by atoms with Gasteiger partial charge in [-0.05, 0) is 18.9 Å². The van der Waals surface area contributed by atoms with E-state index in [4.69, 9.17) is 10.3 Å². The van der Waals surface area contributed by atoms with Crippen molar-refractivity contribution in [2.45, 2.75) is 115 Å². The highest BCUT2D eigenvalue weighted by atomic mass is 32.2. The highest BCUT2D eigenvalue weighted by molar-refractivity contribution is 7.87. The summed E-state index contributed by atoms with van der Waals surface area (Å²) in [4.78, 5) is 22.5. The molecule has 176 valence electrons. The number of allylic oxidation sites excluding steroid dienone is 1. The minimum Gasteiger partial charge on any atom is -0.434 e. The molecule has 1 atom stereocenters. The highest BCUT2D eigenvalue weighted by Crippen LogP contribution is 2.13. The van der Waals surface area contributed by atoms with Crippen molar-refractivity contribution in [1.82, 2.24) is 0 Å². The predicted octanol–water partition coefficient (Wildman–Crippen LogP) is 5.05. The summed E-state index contributed by atoms with van der Waals surface area (Å²) in [5, 5.41) is -1.99. The van der Waals surface area contributed by atoms with Crippen LogP contribution in [0.2, 0.25) is 0 Å². The molecule has 0 spiro atoms. The number of carbonyl (C=O) groups excluding carboxylic acids is 2. The van der Waals surface area contributed by atoms with Crippen LogP contribution in [-0.4, -0.2) is 30.1 Å². The summed E-state index contributed by atoms with van der Waals surface area (Å²) >= 11 is 0. The minimum atomic E-state index is -4.74. The van der Waals surface area contributed by atoms with Gasteiger partial charge < -0.3 is 10.5 Å². The fourth-order valence-corrected chi connectivity index (χ4v) is 3.88. The number of carbonyl (C=O) groups is 2. The minimum absolute atomic E-state index is 0.706. The maximum atomic E-state index is 11.7. The van der Waals surface area contributed by atoms with Gasteiger partial charge in [0.15, 0.2) is 5.25 Å². The third-order valence-corrected chi connectivity index (χ3v) is 6.09. The Morgan fingerprint density at radius 1 is 0.867 bits per heavy atom. The number of hydrogen-bond donors (Lipinski definition) is 2. The standard InChI is InChI=1S/C22H41NO6S/c1-2-3-4-5-6-7-8-9-10-11-12-13-14-15-16-17-18-29-22(25)20(19-21(23)24)30(26,27)28/h17-18,20H,2-16,19H2,1H3,(H2,23,24)(H,26,27,28).